The van der Waals surface area contributed by atoms with Crippen LogP contribution >= 0.6 is 11.3 Å². The number of fused-ring (bicyclic) bond motifs is 6. The van der Waals surface area contributed by atoms with Crippen molar-refractivity contribution in [3.63, 3.8) is 0 Å². The van der Waals surface area contributed by atoms with Gasteiger partial charge in [0, 0.05) is 47.8 Å². The minimum Gasteiger partial charge on any atom is -0.309 e. The third-order valence-corrected chi connectivity index (χ3v) is 9.74. The van der Waals surface area contributed by atoms with Gasteiger partial charge in [-0.05, 0) is 65.7 Å². The first-order chi connectivity index (χ1) is 21.8. The lowest BCUT2D eigenvalue weighted by atomic mass is 9.97. The summed E-state index contributed by atoms with van der Waals surface area (Å²) in [6.45, 7) is 0. The third-order valence-electron chi connectivity index (χ3n) is 8.59. The summed E-state index contributed by atoms with van der Waals surface area (Å²) in [4.78, 5) is 5.40. The first-order valence-electron chi connectivity index (χ1n) is 14.9. The number of rotatable bonds is 4. The molecule has 9 aromatic rings. The number of hydrogen-bond acceptors (Lipinski definition) is 2. The smallest absolute Gasteiger partial charge is 0.0722 e. The number of benzene rings is 6. The standard InChI is InChI=1S/C41H26N2S/c1-3-12-27(13-4-1)29-25-35(28-22-23-40-34(24-28)31-16-8-10-21-39(31)44-40)42-36(26-29)32-18-11-20-38-41(32)33-17-7-9-19-37(33)43(38)30-14-5-2-6-15-30/h1-26H. The zero-order valence-corrected chi connectivity index (χ0v) is 24.6. The highest BCUT2D eigenvalue weighted by atomic mass is 32.1. The van der Waals surface area contributed by atoms with Gasteiger partial charge in [-0.25, -0.2) is 4.98 Å². The Morgan fingerprint density at radius 3 is 1.98 bits per heavy atom. The van der Waals surface area contributed by atoms with Crippen molar-refractivity contribution in [3.8, 4) is 39.3 Å². The van der Waals surface area contributed by atoms with Gasteiger partial charge in [0.1, 0.15) is 0 Å². The minimum atomic E-state index is 0.971. The topological polar surface area (TPSA) is 17.8 Å². The highest BCUT2D eigenvalue weighted by molar-refractivity contribution is 7.25. The predicted molar refractivity (Wildman–Crippen MR) is 188 cm³/mol. The number of nitrogens with zero attached hydrogens (tertiary/aromatic N) is 2. The van der Waals surface area contributed by atoms with Gasteiger partial charge in [0.2, 0.25) is 0 Å². The molecule has 0 atom stereocenters. The Morgan fingerprint density at radius 1 is 0.432 bits per heavy atom. The van der Waals surface area contributed by atoms with E-state index >= 15 is 0 Å². The minimum absolute atomic E-state index is 0.971. The summed E-state index contributed by atoms with van der Waals surface area (Å²) >= 11 is 1.85. The van der Waals surface area contributed by atoms with Gasteiger partial charge in [-0.2, -0.15) is 0 Å². The second-order valence-electron chi connectivity index (χ2n) is 11.2. The number of hydrogen-bond donors (Lipinski definition) is 0. The van der Waals surface area contributed by atoms with Crippen molar-refractivity contribution in [3.05, 3.63) is 158 Å². The zero-order chi connectivity index (χ0) is 29.0. The zero-order valence-electron chi connectivity index (χ0n) is 23.8. The van der Waals surface area contributed by atoms with E-state index in [1.165, 1.54) is 47.5 Å². The van der Waals surface area contributed by atoms with Gasteiger partial charge in [-0.3, -0.25) is 0 Å². The van der Waals surface area contributed by atoms with E-state index in [4.69, 9.17) is 4.98 Å². The van der Waals surface area contributed by atoms with Crippen LogP contribution < -0.4 is 0 Å². The van der Waals surface area contributed by atoms with Crippen molar-refractivity contribution in [1.82, 2.24) is 9.55 Å². The van der Waals surface area contributed by atoms with E-state index in [0.717, 1.165) is 33.8 Å². The summed E-state index contributed by atoms with van der Waals surface area (Å²) in [6.07, 6.45) is 0. The molecule has 0 unspecified atom stereocenters. The number of aromatic nitrogens is 2. The summed E-state index contributed by atoms with van der Waals surface area (Å²) in [5.41, 5.74) is 10.1. The molecule has 206 valence electrons. The maximum absolute atomic E-state index is 5.40. The Morgan fingerprint density at radius 2 is 1.11 bits per heavy atom. The van der Waals surface area contributed by atoms with E-state index < -0.39 is 0 Å². The Labute approximate surface area is 259 Å². The average molecular weight is 579 g/mol. The van der Waals surface area contributed by atoms with Crippen LogP contribution in [-0.2, 0) is 0 Å². The quantitative estimate of drug-likeness (QED) is 0.203. The SMILES string of the molecule is c1ccc(-c2cc(-c3ccc4sc5ccccc5c4c3)nc(-c3cccc4c3c3ccccc3n4-c3ccccc3)c2)cc1. The van der Waals surface area contributed by atoms with Crippen LogP contribution in [0.2, 0.25) is 0 Å². The molecule has 0 aliphatic carbocycles. The van der Waals surface area contributed by atoms with Crippen molar-refractivity contribution in [2.24, 2.45) is 0 Å². The first kappa shape index (κ1) is 25.0. The lowest BCUT2D eigenvalue weighted by Gasteiger charge is -2.12. The Hall–Kier alpha value is -5.51. The Balaban J connectivity index is 1.32. The summed E-state index contributed by atoms with van der Waals surface area (Å²) in [5, 5.41) is 5.02. The van der Waals surface area contributed by atoms with E-state index in [0.29, 0.717) is 0 Å². The van der Waals surface area contributed by atoms with Gasteiger partial charge in [-0.1, -0.05) is 103 Å². The van der Waals surface area contributed by atoms with Gasteiger partial charge in [0.25, 0.3) is 0 Å². The van der Waals surface area contributed by atoms with Crippen LogP contribution in [0.5, 0.6) is 0 Å². The average Bonchev–Trinajstić information content (AvgIpc) is 3.64. The molecule has 0 amide bonds. The van der Waals surface area contributed by atoms with E-state index in [1.54, 1.807) is 0 Å². The fourth-order valence-electron chi connectivity index (χ4n) is 6.59. The fraction of sp³-hybridized carbons (Fsp3) is 0. The molecule has 0 fully saturated rings. The maximum atomic E-state index is 5.40. The fourth-order valence-corrected chi connectivity index (χ4v) is 7.67. The van der Waals surface area contributed by atoms with Gasteiger partial charge in [-0.15, -0.1) is 11.3 Å². The van der Waals surface area contributed by atoms with Crippen molar-refractivity contribution < 1.29 is 0 Å². The molecule has 6 aromatic carbocycles. The molecule has 0 bridgehead atoms. The molecule has 3 heterocycles. The predicted octanol–water partition coefficient (Wildman–Crippen LogP) is 11.5. The molecule has 3 aromatic heterocycles. The summed E-state index contributed by atoms with van der Waals surface area (Å²) in [5.74, 6) is 0. The third kappa shape index (κ3) is 3.98. The van der Waals surface area contributed by atoms with Crippen LogP contribution in [0.3, 0.4) is 0 Å². The Kier molecular flexibility index (Phi) is 5.71. The van der Waals surface area contributed by atoms with E-state index in [9.17, 15) is 0 Å². The lowest BCUT2D eigenvalue weighted by Crippen LogP contribution is -1.94. The number of para-hydroxylation sites is 2. The van der Waals surface area contributed by atoms with Crippen molar-refractivity contribution in [2.75, 3.05) is 0 Å². The van der Waals surface area contributed by atoms with Gasteiger partial charge < -0.3 is 4.57 Å². The molecular formula is C41H26N2S. The normalized spacial score (nSPS) is 11.6. The molecule has 0 aliphatic rings. The highest BCUT2D eigenvalue weighted by Gasteiger charge is 2.18. The summed E-state index contributed by atoms with van der Waals surface area (Å²) < 4.78 is 4.98. The molecular weight excluding hydrogens is 553 g/mol. The molecule has 44 heavy (non-hydrogen) atoms. The van der Waals surface area contributed by atoms with Crippen LogP contribution in [0.15, 0.2) is 158 Å². The van der Waals surface area contributed by atoms with Crippen LogP contribution in [0.25, 0.3) is 81.3 Å². The molecule has 3 heteroatoms. The number of pyridine rings is 1. The molecule has 0 saturated carbocycles. The molecule has 0 spiro atoms. The molecule has 2 nitrogen and oxygen atoms in total. The highest BCUT2D eigenvalue weighted by Crippen LogP contribution is 2.41. The van der Waals surface area contributed by atoms with Crippen molar-refractivity contribution in [1.29, 1.82) is 0 Å². The molecule has 0 saturated heterocycles. The maximum Gasteiger partial charge on any atom is 0.0722 e. The number of thiophene rings is 1. The van der Waals surface area contributed by atoms with Gasteiger partial charge >= 0.3 is 0 Å². The Bertz CT molecular complexity index is 2490. The van der Waals surface area contributed by atoms with Crippen molar-refractivity contribution in [2.45, 2.75) is 0 Å². The van der Waals surface area contributed by atoms with Gasteiger partial charge in [0.05, 0.1) is 22.4 Å². The second-order valence-corrected chi connectivity index (χ2v) is 12.3. The van der Waals surface area contributed by atoms with Crippen molar-refractivity contribution >= 4 is 53.3 Å². The van der Waals surface area contributed by atoms with E-state index in [2.05, 4.69) is 162 Å². The molecule has 0 N–H and O–H groups in total. The largest absolute Gasteiger partial charge is 0.309 e. The molecule has 0 aliphatic heterocycles. The van der Waals surface area contributed by atoms with Gasteiger partial charge in [0.15, 0.2) is 0 Å². The van der Waals surface area contributed by atoms with E-state index in [1.807, 2.05) is 11.3 Å². The molecule has 9 rings (SSSR count). The second kappa shape index (κ2) is 10.0. The molecule has 0 radical (unpaired) electrons. The van der Waals surface area contributed by atoms with E-state index in [-0.39, 0.29) is 0 Å². The summed E-state index contributed by atoms with van der Waals surface area (Å²) in [6, 6.07) is 56.5. The van der Waals surface area contributed by atoms with Crippen LogP contribution in [-0.4, -0.2) is 9.55 Å². The lowest BCUT2D eigenvalue weighted by molar-refractivity contribution is 1.18. The van der Waals surface area contributed by atoms with Crippen LogP contribution in [0, 0.1) is 0 Å². The first-order valence-corrected chi connectivity index (χ1v) is 15.7. The monoisotopic (exact) mass is 578 g/mol. The summed E-state index contributed by atoms with van der Waals surface area (Å²) in [7, 11) is 0. The van der Waals surface area contributed by atoms with Crippen LogP contribution in [0.4, 0.5) is 0 Å². The van der Waals surface area contributed by atoms with Crippen LogP contribution in [0.1, 0.15) is 0 Å².